The summed E-state index contributed by atoms with van der Waals surface area (Å²) in [6.07, 6.45) is 10.8. The number of nitrogens with zero attached hydrogens (tertiary/aromatic N) is 1. The Labute approximate surface area is 146 Å². The van der Waals surface area contributed by atoms with Gasteiger partial charge in [0.15, 0.2) is 0 Å². The van der Waals surface area contributed by atoms with E-state index in [0.717, 1.165) is 12.5 Å². The monoisotopic (exact) mass is 361 g/mol. The van der Waals surface area contributed by atoms with E-state index in [1.807, 2.05) is 24.3 Å². The molecule has 7 heteroatoms. The molecule has 0 bridgehead atoms. The highest BCUT2D eigenvalue weighted by Gasteiger charge is 2.40. The maximum absolute atomic E-state index is 13.2. The topological polar surface area (TPSA) is 83.9 Å². The molecule has 1 N–H and O–H groups in total. The Bertz CT molecular complexity index is 869. The molecular formula is C18H19NO5S. The summed E-state index contributed by atoms with van der Waals surface area (Å²) < 4.78 is 33.1. The van der Waals surface area contributed by atoms with Crippen LogP contribution in [0.4, 0.5) is 0 Å². The number of rotatable bonds is 5. The van der Waals surface area contributed by atoms with Gasteiger partial charge in [0.25, 0.3) is 0 Å². The zero-order valence-corrected chi connectivity index (χ0v) is 14.5. The Hall–Kier alpha value is -2.38. The van der Waals surface area contributed by atoms with Crippen LogP contribution in [0.5, 0.6) is 5.75 Å². The van der Waals surface area contributed by atoms with Crippen LogP contribution in [0.25, 0.3) is 6.08 Å². The summed E-state index contributed by atoms with van der Waals surface area (Å²) in [5.41, 5.74) is 0.483. The number of hydrogen-bond donors (Lipinski definition) is 1. The molecule has 1 heterocycles. The molecule has 0 saturated carbocycles. The second-order valence-corrected chi connectivity index (χ2v) is 7.77. The number of hydrogen-bond acceptors (Lipinski definition) is 4. The van der Waals surface area contributed by atoms with Crippen LogP contribution in [0.2, 0.25) is 0 Å². The van der Waals surface area contributed by atoms with Crippen LogP contribution < -0.4 is 4.74 Å². The van der Waals surface area contributed by atoms with E-state index in [2.05, 4.69) is 0 Å². The third kappa shape index (κ3) is 3.38. The fourth-order valence-electron chi connectivity index (χ4n) is 3.22. The summed E-state index contributed by atoms with van der Waals surface area (Å²) >= 11 is 0. The number of carboxylic acid groups (broad SMARTS) is 1. The van der Waals surface area contributed by atoms with Gasteiger partial charge in [-0.25, -0.2) is 13.2 Å². The molecular weight excluding hydrogens is 342 g/mol. The van der Waals surface area contributed by atoms with Crippen LogP contribution in [0.1, 0.15) is 12.0 Å². The van der Waals surface area contributed by atoms with Crippen molar-refractivity contribution in [3.63, 3.8) is 0 Å². The van der Waals surface area contributed by atoms with Crippen molar-refractivity contribution in [1.29, 1.82) is 0 Å². The maximum atomic E-state index is 13.2. The van der Waals surface area contributed by atoms with Crippen molar-refractivity contribution in [1.82, 2.24) is 4.31 Å². The minimum atomic E-state index is -3.77. The van der Waals surface area contributed by atoms with Gasteiger partial charge in [-0.05, 0) is 36.1 Å². The lowest BCUT2D eigenvalue weighted by molar-refractivity contribution is -0.131. The predicted octanol–water partition coefficient (Wildman–Crippen LogP) is 2.30. The van der Waals surface area contributed by atoms with Crippen LogP contribution in [-0.2, 0) is 14.8 Å². The van der Waals surface area contributed by atoms with Gasteiger partial charge in [-0.2, -0.15) is 4.31 Å². The normalized spacial score (nSPS) is 23.1. The Morgan fingerprint density at radius 1 is 1.32 bits per heavy atom. The summed E-state index contributed by atoms with van der Waals surface area (Å²) in [6, 6.07) is 4.41. The minimum Gasteiger partial charge on any atom is -0.495 e. The number of methoxy groups -OCH3 is 1. The minimum absolute atomic E-state index is 0.0474. The molecule has 1 aromatic carbocycles. The highest BCUT2D eigenvalue weighted by molar-refractivity contribution is 7.89. The van der Waals surface area contributed by atoms with Gasteiger partial charge in [0.1, 0.15) is 10.6 Å². The van der Waals surface area contributed by atoms with E-state index >= 15 is 0 Å². The van der Waals surface area contributed by atoms with Gasteiger partial charge in [0.2, 0.25) is 10.0 Å². The molecule has 6 nitrogen and oxygen atoms in total. The molecule has 1 aromatic rings. The van der Waals surface area contributed by atoms with E-state index in [1.54, 1.807) is 12.1 Å². The largest absolute Gasteiger partial charge is 0.495 e. The lowest BCUT2D eigenvalue weighted by Crippen LogP contribution is -2.37. The van der Waals surface area contributed by atoms with Gasteiger partial charge in [-0.15, -0.1) is 0 Å². The second kappa shape index (κ2) is 6.85. The molecule has 1 aliphatic carbocycles. The second-order valence-electron chi connectivity index (χ2n) is 5.91. The van der Waals surface area contributed by atoms with Crippen molar-refractivity contribution in [2.75, 3.05) is 13.7 Å². The molecule has 0 spiro atoms. The van der Waals surface area contributed by atoms with Crippen molar-refractivity contribution in [2.24, 2.45) is 5.92 Å². The van der Waals surface area contributed by atoms with Crippen LogP contribution >= 0.6 is 0 Å². The van der Waals surface area contributed by atoms with Crippen molar-refractivity contribution < 1.29 is 23.1 Å². The first-order valence-corrected chi connectivity index (χ1v) is 9.33. The SMILES string of the molecule is COc1ccc(/C=C/C(=O)O)cc1S(=O)(=O)N1CC[C@H]2C=CC=C[C@H]21. The molecule has 1 fully saturated rings. The molecule has 0 unspecified atom stereocenters. The standard InChI is InChI=1S/C18H19NO5S/c1-24-16-8-6-13(7-9-18(20)21)12-17(16)25(22,23)19-11-10-14-4-2-3-5-15(14)19/h2-9,12,14-15H,10-11H2,1H3,(H,20,21)/b9-7+/t14-,15-/m1/s1. The number of carbonyl (C=O) groups is 1. The summed E-state index contributed by atoms with van der Waals surface area (Å²) in [7, 11) is -2.36. The number of ether oxygens (including phenoxy) is 1. The quantitative estimate of drug-likeness (QED) is 0.814. The first-order chi connectivity index (χ1) is 11.9. The highest BCUT2D eigenvalue weighted by atomic mass is 32.2. The first kappa shape index (κ1) is 17.4. The molecule has 2 aliphatic rings. The van der Waals surface area contributed by atoms with Gasteiger partial charge in [0.05, 0.1) is 7.11 Å². The average Bonchev–Trinajstić information content (AvgIpc) is 3.04. The molecule has 1 saturated heterocycles. The molecule has 1 aliphatic heterocycles. The maximum Gasteiger partial charge on any atom is 0.328 e. The lowest BCUT2D eigenvalue weighted by Gasteiger charge is -2.26. The van der Waals surface area contributed by atoms with E-state index in [0.29, 0.717) is 12.1 Å². The molecule has 132 valence electrons. The van der Waals surface area contributed by atoms with Crippen LogP contribution in [0.3, 0.4) is 0 Å². The van der Waals surface area contributed by atoms with Gasteiger partial charge in [-0.1, -0.05) is 30.4 Å². The summed E-state index contributed by atoms with van der Waals surface area (Å²) in [4.78, 5) is 10.7. The summed E-state index contributed by atoms with van der Waals surface area (Å²) in [5.74, 6) is -0.672. The van der Waals surface area contributed by atoms with Crippen molar-refractivity contribution in [3.05, 3.63) is 54.1 Å². The Morgan fingerprint density at radius 2 is 2.08 bits per heavy atom. The van der Waals surface area contributed by atoms with Crippen LogP contribution in [0.15, 0.2) is 53.5 Å². The third-order valence-electron chi connectivity index (χ3n) is 4.42. The lowest BCUT2D eigenvalue weighted by atomic mass is 9.97. The Morgan fingerprint density at radius 3 is 2.80 bits per heavy atom. The smallest absolute Gasteiger partial charge is 0.328 e. The van der Waals surface area contributed by atoms with E-state index in [4.69, 9.17) is 9.84 Å². The number of allylic oxidation sites excluding steroid dienone is 2. The molecule has 0 amide bonds. The Kier molecular flexibility index (Phi) is 4.78. The van der Waals surface area contributed by atoms with Crippen molar-refractivity contribution in [2.45, 2.75) is 17.4 Å². The number of sulfonamides is 1. The average molecular weight is 361 g/mol. The zero-order valence-electron chi connectivity index (χ0n) is 13.7. The first-order valence-electron chi connectivity index (χ1n) is 7.89. The van der Waals surface area contributed by atoms with Crippen molar-refractivity contribution >= 4 is 22.1 Å². The van der Waals surface area contributed by atoms with E-state index in [-0.39, 0.29) is 22.6 Å². The fraction of sp³-hybridized carbons (Fsp3) is 0.278. The van der Waals surface area contributed by atoms with Crippen molar-refractivity contribution in [3.8, 4) is 5.75 Å². The van der Waals surface area contributed by atoms with Crippen LogP contribution in [-0.4, -0.2) is 43.5 Å². The number of carboxylic acids is 1. The number of benzene rings is 1. The molecule has 2 atom stereocenters. The summed E-state index contributed by atoms with van der Waals surface area (Å²) in [5, 5.41) is 8.75. The molecule has 3 rings (SSSR count). The van der Waals surface area contributed by atoms with E-state index < -0.39 is 16.0 Å². The van der Waals surface area contributed by atoms with Gasteiger partial charge >= 0.3 is 5.97 Å². The van der Waals surface area contributed by atoms with Gasteiger partial charge in [-0.3, -0.25) is 0 Å². The highest BCUT2D eigenvalue weighted by Crippen LogP contribution is 2.36. The Balaban J connectivity index is 2.01. The molecule has 0 aromatic heterocycles. The molecule has 0 radical (unpaired) electrons. The number of aliphatic carboxylic acids is 1. The van der Waals surface area contributed by atoms with E-state index in [9.17, 15) is 13.2 Å². The van der Waals surface area contributed by atoms with Gasteiger partial charge < -0.3 is 9.84 Å². The zero-order chi connectivity index (χ0) is 18.0. The summed E-state index contributed by atoms with van der Waals surface area (Å²) in [6.45, 7) is 0.435. The third-order valence-corrected chi connectivity index (χ3v) is 6.34. The predicted molar refractivity (Wildman–Crippen MR) is 93.7 cm³/mol. The van der Waals surface area contributed by atoms with Crippen LogP contribution in [0, 0.1) is 5.92 Å². The van der Waals surface area contributed by atoms with Gasteiger partial charge in [0, 0.05) is 18.7 Å². The number of fused-ring (bicyclic) bond motifs is 1. The fourth-order valence-corrected chi connectivity index (χ4v) is 5.05. The van der Waals surface area contributed by atoms with E-state index in [1.165, 1.54) is 23.6 Å². The molecule has 25 heavy (non-hydrogen) atoms.